The van der Waals surface area contributed by atoms with Crippen LogP contribution < -0.4 is 5.32 Å². The highest BCUT2D eigenvalue weighted by atomic mass is 32.2. The zero-order valence-electron chi connectivity index (χ0n) is 13.9. The zero-order chi connectivity index (χ0) is 17.5. The smallest absolute Gasteiger partial charge is 0.243 e. The Hall–Kier alpha value is -2.18. The summed E-state index contributed by atoms with van der Waals surface area (Å²) >= 11 is 0. The van der Waals surface area contributed by atoms with Crippen molar-refractivity contribution in [3.05, 3.63) is 59.7 Å². The Balaban J connectivity index is 1.95. The van der Waals surface area contributed by atoms with Crippen molar-refractivity contribution in [1.82, 2.24) is 4.31 Å². The summed E-state index contributed by atoms with van der Waals surface area (Å²) in [5, 5.41) is 2.76. The predicted molar refractivity (Wildman–Crippen MR) is 93.3 cm³/mol. The standard InChI is InChI=1S/C18H20N2O3S/c1-12-16-11-15(9-10-17(16)19-18(12)21)24(22,23)20(3)13(2)14-7-5-4-6-8-14/h4-13H,1-3H3,(H,19,21)/t12-,13-/m0/s1. The van der Waals surface area contributed by atoms with Gasteiger partial charge < -0.3 is 5.32 Å². The van der Waals surface area contributed by atoms with E-state index in [4.69, 9.17) is 0 Å². The van der Waals surface area contributed by atoms with Crippen LogP contribution in [-0.2, 0) is 14.8 Å². The van der Waals surface area contributed by atoms with E-state index < -0.39 is 10.0 Å². The zero-order valence-corrected chi connectivity index (χ0v) is 14.7. The van der Waals surface area contributed by atoms with Gasteiger partial charge in [-0.25, -0.2) is 8.42 Å². The molecular formula is C18H20N2O3S. The number of nitrogens with zero attached hydrogens (tertiary/aromatic N) is 1. The van der Waals surface area contributed by atoms with Gasteiger partial charge in [-0.1, -0.05) is 30.3 Å². The van der Waals surface area contributed by atoms with E-state index in [1.807, 2.05) is 37.3 Å². The van der Waals surface area contributed by atoms with E-state index >= 15 is 0 Å². The van der Waals surface area contributed by atoms with Crippen molar-refractivity contribution in [3.8, 4) is 0 Å². The van der Waals surface area contributed by atoms with Crippen molar-refractivity contribution in [2.75, 3.05) is 12.4 Å². The van der Waals surface area contributed by atoms with Gasteiger partial charge in [-0.05, 0) is 43.2 Å². The highest BCUT2D eigenvalue weighted by Crippen LogP contribution is 2.35. The highest BCUT2D eigenvalue weighted by Gasteiger charge is 2.31. The van der Waals surface area contributed by atoms with Crippen molar-refractivity contribution in [1.29, 1.82) is 0 Å². The molecule has 2 atom stereocenters. The first-order valence-electron chi connectivity index (χ1n) is 7.80. The van der Waals surface area contributed by atoms with Crippen LogP contribution in [0.15, 0.2) is 53.4 Å². The molecule has 2 aromatic rings. The summed E-state index contributed by atoms with van der Waals surface area (Å²) in [6.07, 6.45) is 0. The van der Waals surface area contributed by atoms with E-state index in [0.29, 0.717) is 5.69 Å². The van der Waals surface area contributed by atoms with Crippen LogP contribution in [0, 0.1) is 0 Å². The Morgan fingerprint density at radius 2 is 1.79 bits per heavy atom. The normalized spacial score (nSPS) is 18.3. The summed E-state index contributed by atoms with van der Waals surface area (Å²) in [5.74, 6) is -0.447. The predicted octanol–water partition coefficient (Wildman–Crippen LogP) is 3.12. The molecule has 2 aromatic carbocycles. The number of anilines is 1. The topological polar surface area (TPSA) is 66.5 Å². The maximum atomic E-state index is 13.0. The molecule has 126 valence electrons. The lowest BCUT2D eigenvalue weighted by Crippen LogP contribution is -2.29. The van der Waals surface area contributed by atoms with Gasteiger partial charge in [0.2, 0.25) is 15.9 Å². The third-order valence-corrected chi connectivity index (χ3v) is 6.57. The minimum Gasteiger partial charge on any atom is -0.325 e. The van der Waals surface area contributed by atoms with Crippen LogP contribution in [0.5, 0.6) is 0 Å². The van der Waals surface area contributed by atoms with Gasteiger partial charge >= 0.3 is 0 Å². The van der Waals surface area contributed by atoms with Crippen LogP contribution >= 0.6 is 0 Å². The molecule has 24 heavy (non-hydrogen) atoms. The number of amides is 1. The van der Waals surface area contributed by atoms with E-state index in [9.17, 15) is 13.2 Å². The van der Waals surface area contributed by atoms with E-state index in [-0.39, 0.29) is 22.8 Å². The van der Waals surface area contributed by atoms with Crippen LogP contribution in [0.3, 0.4) is 0 Å². The number of hydrogen-bond donors (Lipinski definition) is 1. The van der Waals surface area contributed by atoms with Gasteiger partial charge in [-0.2, -0.15) is 4.31 Å². The lowest BCUT2D eigenvalue weighted by molar-refractivity contribution is -0.116. The Kier molecular flexibility index (Phi) is 4.19. The van der Waals surface area contributed by atoms with Crippen LogP contribution in [0.4, 0.5) is 5.69 Å². The third-order valence-electron chi connectivity index (χ3n) is 4.65. The Morgan fingerprint density at radius 1 is 1.12 bits per heavy atom. The molecule has 1 amide bonds. The Labute approximate surface area is 142 Å². The van der Waals surface area contributed by atoms with Crippen LogP contribution in [0.2, 0.25) is 0 Å². The maximum absolute atomic E-state index is 13.0. The molecule has 1 aliphatic heterocycles. The van der Waals surface area contributed by atoms with Gasteiger partial charge in [0.15, 0.2) is 0 Å². The summed E-state index contributed by atoms with van der Waals surface area (Å²) in [6.45, 7) is 3.63. The molecule has 0 bridgehead atoms. The Bertz CT molecular complexity index is 878. The fourth-order valence-corrected chi connectivity index (χ4v) is 4.26. The van der Waals surface area contributed by atoms with Gasteiger partial charge in [-0.3, -0.25) is 4.79 Å². The van der Waals surface area contributed by atoms with Gasteiger partial charge in [0, 0.05) is 18.8 Å². The van der Waals surface area contributed by atoms with Crippen LogP contribution in [0.1, 0.15) is 36.9 Å². The second kappa shape index (κ2) is 6.03. The molecule has 1 aliphatic rings. The summed E-state index contributed by atoms with van der Waals surface area (Å²) in [4.78, 5) is 12.0. The van der Waals surface area contributed by atoms with E-state index in [0.717, 1.165) is 11.1 Å². The van der Waals surface area contributed by atoms with E-state index in [1.54, 1.807) is 32.2 Å². The lowest BCUT2D eigenvalue weighted by atomic mass is 10.0. The molecule has 0 saturated heterocycles. The second-order valence-corrected chi connectivity index (χ2v) is 8.07. The molecule has 0 spiro atoms. The molecule has 0 aliphatic carbocycles. The molecule has 0 aromatic heterocycles. The molecule has 1 N–H and O–H groups in total. The largest absolute Gasteiger partial charge is 0.325 e. The maximum Gasteiger partial charge on any atom is 0.243 e. The fourth-order valence-electron chi connectivity index (χ4n) is 2.87. The number of nitrogens with one attached hydrogen (secondary N) is 1. The number of hydrogen-bond acceptors (Lipinski definition) is 3. The number of carbonyl (C=O) groups excluding carboxylic acids is 1. The number of rotatable bonds is 4. The minimum absolute atomic E-state index is 0.106. The quantitative estimate of drug-likeness (QED) is 0.927. The molecule has 0 unspecified atom stereocenters. The first-order chi connectivity index (χ1) is 11.3. The van der Waals surface area contributed by atoms with Gasteiger partial charge in [0.25, 0.3) is 0 Å². The fraction of sp³-hybridized carbons (Fsp3) is 0.278. The molecular weight excluding hydrogens is 324 g/mol. The summed E-state index contributed by atoms with van der Waals surface area (Å²) in [7, 11) is -2.08. The minimum atomic E-state index is -3.65. The number of sulfonamides is 1. The monoisotopic (exact) mass is 344 g/mol. The number of carbonyl (C=O) groups is 1. The van der Waals surface area contributed by atoms with Crippen LogP contribution in [0.25, 0.3) is 0 Å². The molecule has 5 nitrogen and oxygen atoms in total. The first-order valence-corrected chi connectivity index (χ1v) is 9.24. The summed E-state index contributed by atoms with van der Waals surface area (Å²) in [5.41, 5.74) is 2.34. The van der Waals surface area contributed by atoms with Crippen molar-refractivity contribution in [2.45, 2.75) is 30.7 Å². The Morgan fingerprint density at radius 3 is 2.46 bits per heavy atom. The second-order valence-electron chi connectivity index (χ2n) is 6.07. The van der Waals surface area contributed by atoms with Crippen LogP contribution in [-0.4, -0.2) is 25.7 Å². The lowest BCUT2D eigenvalue weighted by Gasteiger charge is -2.25. The van der Waals surface area contributed by atoms with Crippen molar-refractivity contribution in [2.24, 2.45) is 0 Å². The summed E-state index contributed by atoms with van der Waals surface area (Å²) in [6, 6.07) is 14.0. The third kappa shape index (κ3) is 2.72. The molecule has 0 radical (unpaired) electrons. The molecule has 1 heterocycles. The molecule has 3 rings (SSSR count). The van der Waals surface area contributed by atoms with Crippen molar-refractivity contribution >= 4 is 21.6 Å². The van der Waals surface area contributed by atoms with E-state index in [1.165, 1.54) is 4.31 Å². The molecule has 0 fully saturated rings. The van der Waals surface area contributed by atoms with Gasteiger partial charge in [0.05, 0.1) is 10.8 Å². The highest BCUT2D eigenvalue weighted by molar-refractivity contribution is 7.89. The van der Waals surface area contributed by atoms with Crippen molar-refractivity contribution in [3.63, 3.8) is 0 Å². The van der Waals surface area contributed by atoms with Gasteiger partial charge in [-0.15, -0.1) is 0 Å². The molecule has 6 heteroatoms. The number of benzene rings is 2. The SMILES string of the molecule is C[C@@H]1C(=O)Nc2ccc(S(=O)(=O)N(C)[C@@H](C)c3ccccc3)cc21. The van der Waals surface area contributed by atoms with E-state index in [2.05, 4.69) is 5.32 Å². The average Bonchev–Trinajstić information content (AvgIpc) is 2.88. The average molecular weight is 344 g/mol. The van der Waals surface area contributed by atoms with Crippen molar-refractivity contribution < 1.29 is 13.2 Å². The van der Waals surface area contributed by atoms with Gasteiger partial charge in [0.1, 0.15) is 0 Å². The first kappa shape index (κ1) is 16.7. The molecule has 0 saturated carbocycles. The number of fused-ring (bicyclic) bond motifs is 1. The summed E-state index contributed by atoms with van der Waals surface area (Å²) < 4.78 is 27.3.